The maximum atomic E-state index is 12.8. The molecule has 1 aromatic carbocycles. The number of anilines is 2. The largest absolute Gasteiger partial charge is 0.433 e. The molecule has 154 valence electrons. The van der Waals surface area contributed by atoms with Crippen LogP contribution in [0.3, 0.4) is 0 Å². The number of hydrogen-bond acceptors (Lipinski definition) is 3. The molecule has 2 aromatic rings. The second-order valence-electron chi connectivity index (χ2n) is 7.47. The molecule has 8 heteroatoms. The second-order valence-corrected chi connectivity index (χ2v) is 7.47. The Balaban J connectivity index is 1.76. The number of nitrogens with zero attached hydrogens (tertiary/aromatic N) is 2. The maximum Gasteiger partial charge on any atom is 0.433 e. The number of pyridine rings is 1. The lowest BCUT2D eigenvalue weighted by atomic mass is 10.0. The third-order valence-corrected chi connectivity index (χ3v) is 5.04. The molecule has 29 heavy (non-hydrogen) atoms. The summed E-state index contributed by atoms with van der Waals surface area (Å²) >= 11 is 0. The molecule has 1 fully saturated rings. The van der Waals surface area contributed by atoms with Crippen LogP contribution in [-0.2, 0) is 15.8 Å². The van der Waals surface area contributed by atoms with Crippen LogP contribution in [0.2, 0.25) is 0 Å². The van der Waals surface area contributed by atoms with E-state index in [1.807, 2.05) is 32.9 Å². The Morgan fingerprint density at radius 2 is 1.76 bits per heavy atom. The van der Waals surface area contributed by atoms with Gasteiger partial charge < -0.3 is 10.2 Å². The summed E-state index contributed by atoms with van der Waals surface area (Å²) in [5.41, 5.74) is 3.08. The maximum absolute atomic E-state index is 12.8. The quantitative estimate of drug-likeness (QED) is 0.827. The molecule has 1 aromatic heterocycles. The van der Waals surface area contributed by atoms with E-state index in [1.165, 1.54) is 13.0 Å². The summed E-state index contributed by atoms with van der Waals surface area (Å²) in [6.07, 6.45) is -4.50. The van der Waals surface area contributed by atoms with Gasteiger partial charge in [-0.15, -0.1) is 0 Å². The molecule has 1 saturated heterocycles. The zero-order valence-corrected chi connectivity index (χ0v) is 16.6. The summed E-state index contributed by atoms with van der Waals surface area (Å²) in [5.74, 6) is -1.15. The zero-order chi connectivity index (χ0) is 21.5. The number of benzene rings is 1. The monoisotopic (exact) mass is 405 g/mol. The minimum atomic E-state index is -4.55. The van der Waals surface area contributed by atoms with Crippen molar-refractivity contribution in [1.29, 1.82) is 0 Å². The molecule has 1 aliphatic rings. The molecule has 0 spiro atoms. The topological polar surface area (TPSA) is 62.3 Å². The Hall–Kier alpha value is -2.90. The highest BCUT2D eigenvalue weighted by Gasteiger charge is 2.37. The fraction of sp³-hybridized carbons (Fsp3) is 0.381. The number of nitrogens with one attached hydrogen (secondary N) is 1. The number of alkyl halides is 3. The van der Waals surface area contributed by atoms with E-state index < -0.39 is 23.7 Å². The number of carbonyl (C=O) groups is 2. The minimum absolute atomic E-state index is 0.0473. The van der Waals surface area contributed by atoms with Crippen LogP contribution in [0, 0.1) is 33.6 Å². The van der Waals surface area contributed by atoms with Crippen LogP contribution in [0.15, 0.2) is 24.3 Å². The van der Waals surface area contributed by atoms with Crippen LogP contribution in [0.4, 0.5) is 24.5 Å². The summed E-state index contributed by atoms with van der Waals surface area (Å²) in [6, 6.07) is 5.99. The van der Waals surface area contributed by atoms with E-state index >= 15 is 0 Å². The average molecular weight is 405 g/mol. The summed E-state index contributed by atoms with van der Waals surface area (Å²) in [6.45, 7) is 7.45. The number of amides is 2. The first-order chi connectivity index (χ1) is 13.5. The first-order valence-electron chi connectivity index (χ1n) is 9.21. The van der Waals surface area contributed by atoms with Crippen molar-refractivity contribution in [3.8, 4) is 0 Å². The molecule has 1 atom stereocenters. The van der Waals surface area contributed by atoms with E-state index in [4.69, 9.17) is 0 Å². The number of carbonyl (C=O) groups excluding carboxylic acids is 2. The molecule has 2 heterocycles. The highest BCUT2D eigenvalue weighted by atomic mass is 19.4. The number of halogens is 3. The Morgan fingerprint density at radius 1 is 1.14 bits per heavy atom. The highest BCUT2D eigenvalue weighted by molar-refractivity contribution is 6.04. The number of rotatable bonds is 3. The summed E-state index contributed by atoms with van der Waals surface area (Å²) in [4.78, 5) is 30.4. The van der Waals surface area contributed by atoms with E-state index in [1.54, 1.807) is 4.90 Å². The van der Waals surface area contributed by atoms with Crippen LogP contribution in [-0.4, -0.2) is 23.3 Å². The Kier molecular flexibility index (Phi) is 5.38. The van der Waals surface area contributed by atoms with Gasteiger partial charge in [-0.1, -0.05) is 17.7 Å². The SMILES string of the molecule is Cc1cc(C)c(N2CC(C(=O)Nc3ccc(C(F)(F)F)nc3C)CC2=O)c(C)c1. The lowest BCUT2D eigenvalue weighted by molar-refractivity contribution is -0.141. The average Bonchev–Trinajstić information content (AvgIpc) is 2.96. The first kappa shape index (κ1) is 20.8. The number of hydrogen-bond donors (Lipinski definition) is 1. The highest BCUT2D eigenvalue weighted by Crippen LogP contribution is 2.33. The van der Waals surface area contributed by atoms with Crippen molar-refractivity contribution in [3.05, 3.63) is 52.3 Å². The molecule has 5 nitrogen and oxygen atoms in total. The Bertz CT molecular complexity index is 963. The van der Waals surface area contributed by atoms with E-state index in [2.05, 4.69) is 10.3 Å². The van der Waals surface area contributed by atoms with Gasteiger partial charge in [-0.25, -0.2) is 4.98 Å². The van der Waals surface area contributed by atoms with Crippen LogP contribution < -0.4 is 10.2 Å². The van der Waals surface area contributed by atoms with Gasteiger partial charge in [0.1, 0.15) is 5.69 Å². The zero-order valence-electron chi connectivity index (χ0n) is 16.6. The molecular weight excluding hydrogens is 383 g/mol. The molecule has 1 unspecified atom stereocenters. The Morgan fingerprint density at radius 3 is 2.31 bits per heavy atom. The predicted octanol–water partition coefficient (Wildman–Crippen LogP) is 4.33. The fourth-order valence-corrected chi connectivity index (χ4v) is 3.78. The molecule has 0 saturated carbocycles. The molecule has 2 amide bonds. The van der Waals surface area contributed by atoms with Gasteiger partial charge >= 0.3 is 6.18 Å². The van der Waals surface area contributed by atoms with Crippen LogP contribution >= 0.6 is 0 Å². The normalized spacial score (nSPS) is 17.0. The van der Waals surface area contributed by atoms with E-state index in [0.717, 1.165) is 28.4 Å². The molecule has 1 aliphatic heterocycles. The number of aromatic nitrogens is 1. The molecule has 0 aliphatic carbocycles. The van der Waals surface area contributed by atoms with Crippen molar-refractivity contribution < 1.29 is 22.8 Å². The summed E-state index contributed by atoms with van der Waals surface area (Å²) in [5, 5.41) is 2.61. The summed E-state index contributed by atoms with van der Waals surface area (Å²) in [7, 11) is 0. The molecular formula is C21H22F3N3O2. The van der Waals surface area contributed by atoms with Crippen LogP contribution in [0.25, 0.3) is 0 Å². The van der Waals surface area contributed by atoms with Gasteiger partial charge in [0.25, 0.3) is 0 Å². The first-order valence-corrected chi connectivity index (χ1v) is 9.21. The van der Waals surface area contributed by atoms with Crippen molar-refractivity contribution >= 4 is 23.2 Å². The van der Waals surface area contributed by atoms with E-state index in [0.29, 0.717) is 0 Å². The van der Waals surface area contributed by atoms with Gasteiger partial charge in [-0.3, -0.25) is 9.59 Å². The lowest BCUT2D eigenvalue weighted by Gasteiger charge is -2.22. The third kappa shape index (κ3) is 4.26. The van der Waals surface area contributed by atoms with Gasteiger partial charge in [-0.05, 0) is 51.0 Å². The minimum Gasteiger partial charge on any atom is -0.324 e. The summed E-state index contributed by atoms with van der Waals surface area (Å²) < 4.78 is 38.3. The standard InChI is InChI=1S/C21H22F3N3O2/c1-11-7-12(2)19(13(3)8-11)27-10-15(9-18(27)28)20(29)26-16-5-6-17(21(22,23)24)25-14(16)4/h5-8,15H,9-10H2,1-4H3,(H,26,29). The lowest BCUT2D eigenvalue weighted by Crippen LogP contribution is -2.29. The molecule has 3 rings (SSSR count). The smallest absolute Gasteiger partial charge is 0.324 e. The molecule has 0 radical (unpaired) electrons. The van der Waals surface area contributed by atoms with Crippen molar-refractivity contribution in [1.82, 2.24) is 4.98 Å². The van der Waals surface area contributed by atoms with Gasteiger partial charge in [0.2, 0.25) is 11.8 Å². The van der Waals surface area contributed by atoms with Gasteiger partial charge in [0, 0.05) is 18.7 Å². The van der Waals surface area contributed by atoms with Crippen molar-refractivity contribution in [2.75, 3.05) is 16.8 Å². The van der Waals surface area contributed by atoms with Crippen molar-refractivity contribution in [2.45, 2.75) is 40.3 Å². The predicted molar refractivity (Wildman–Crippen MR) is 104 cm³/mol. The van der Waals surface area contributed by atoms with E-state index in [9.17, 15) is 22.8 Å². The molecule has 1 N–H and O–H groups in total. The third-order valence-electron chi connectivity index (χ3n) is 5.04. The van der Waals surface area contributed by atoms with Crippen molar-refractivity contribution in [2.24, 2.45) is 5.92 Å². The van der Waals surface area contributed by atoms with Crippen LogP contribution in [0.1, 0.15) is 34.5 Å². The molecule has 0 bridgehead atoms. The van der Waals surface area contributed by atoms with E-state index in [-0.39, 0.29) is 30.3 Å². The fourth-order valence-electron chi connectivity index (χ4n) is 3.78. The van der Waals surface area contributed by atoms with Gasteiger partial charge in [0.05, 0.1) is 17.3 Å². The second kappa shape index (κ2) is 7.50. The van der Waals surface area contributed by atoms with Gasteiger partial charge in [0.15, 0.2) is 0 Å². The number of aryl methyl sites for hydroxylation is 4. The van der Waals surface area contributed by atoms with Crippen molar-refractivity contribution in [3.63, 3.8) is 0 Å². The Labute approximate surface area is 166 Å². The van der Waals surface area contributed by atoms with Gasteiger partial charge in [-0.2, -0.15) is 13.2 Å². The van der Waals surface area contributed by atoms with Crippen LogP contribution in [0.5, 0.6) is 0 Å².